The molecular weight excluding hydrogens is 363 g/mol. The standard InChI is InChI=1S/C16H16ClFN6O2/c1-3-7-24-12-13(23(2)16(26)21-14(12)25)20-15(24)22-19-8-9-10(17)5-4-6-11(9)18/h4-6,8H,3,7H2,1-2H3,(H,20,22)(H,21,25,26). The van der Waals surface area contributed by atoms with Crippen molar-refractivity contribution in [3.63, 3.8) is 0 Å². The second kappa shape index (κ2) is 7.12. The maximum atomic E-state index is 13.8. The van der Waals surface area contributed by atoms with Gasteiger partial charge in [-0.05, 0) is 18.6 Å². The van der Waals surface area contributed by atoms with Gasteiger partial charge in [0.05, 0.1) is 11.2 Å². The molecule has 3 rings (SSSR count). The second-order valence-electron chi connectivity index (χ2n) is 5.58. The molecule has 136 valence electrons. The maximum Gasteiger partial charge on any atom is 0.329 e. The van der Waals surface area contributed by atoms with Gasteiger partial charge in [0.15, 0.2) is 11.2 Å². The van der Waals surface area contributed by atoms with Crippen molar-refractivity contribution in [3.05, 3.63) is 55.4 Å². The third-order valence-electron chi connectivity index (χ3n) is 3.81. The number of nitrogens with one attached hydrogen (secondary N) is 2. The van der Waals surface area contributed by atoms with E-state index in [1.54, 1.807) is 10.6 Å². The van der Waals surface area contributed by atoms with Gasteiger partial charge in [-0.3, -0.25) is 14.3 Å². The van der Waals surface area contributed by atoms with Crippen molar-refractivity contribution in [1.82, 2.24) is 19.1 Å². The molecule has 0 fully saturated rings. The first kappa shape index (κ1) is 17.9. The summed E-state index contributed by atoms with van der Waals surface area (Å²) in [5, 5.41) is 4.19. The molecule has 1 aromatic carbocycles. The summed E-state index contributed by atoms with van der Waals surface area (Å²) in [6.07, 6.45) is 1.96. The Morgan fingerprint density at radius 3 is 2.88 bits per heavy atom. The van der Waals surface area contributed by atoms with E-state index in [9.17, 15) is 14.0 Å². The van der Waals surface area contributed by atoms with Crippen LogP contribution in [0.1, 0.15) is 18.9 Å². The van der Waals surface area contributed by atoms with Crippen molar-refractivity contribution in [2.24, 2.45) is 12.1 Å². The van der Waals surface area contributed by atoms with Gasteiger partial charge in [0.1, 0.15) is 5.82 Å². The number of aromatic amines is 1. The van der Waals surface area contributed by atoms with Crippen LogP contribution in [0.5, 0.6) is 0 Å². The van der Waals surface area contributed by atoms with Gasteiger partial charge in [0, 0.05) is 19.2 Å². The Balaban J connectivity index is 2.05. The van der Waals surface area contributed by atoms with Crippen molar-refractivity contribution >= 4 is 34.9 Å². The minimum atomic E-state index is -0.558. The minimum Gasteiger partial charge on any atom is -0.303 e. The van der Waals surface area contributed by atoms with E-state index in [-0.39, 0.29) is 27.7 Å². The van der Waals surface area contributed by atoms with Gasteiger partial charge >= 0.3 is 5.69 Å². The zero-order chi connectivity index (χ0) is 18.8. The lowest BCUT2D eigenvalue weighted by Crippen LogP contribution is -2.29. The number of halogens is 2. The molecule has 0 radical (unpaired) electrons. The van der Waals surface area contributed by atoms with E-state index in [0.717, 1.165) is 6.42 Å². The first-order valence-corrected chi connectivity index (χ1v) is 8.24. The van der Waals surface area contributed by atoms with Crippen molar-refractivity contribution in [1.29, 1.82) is 0 Å². The van der Waals surface area contributed by atoms with Gasteiger partial charge in [0.25, 0.3) is 5.56 Å². The Kier molecular flexibility index (Phi) is 4.90. The van der Waals surface area contributed by atoms with E-state index >= 15 is 0 Å². The van der Waals surface area contributed by atoms with Crippen LogP contribution in [-0.4, -0.2) is 25.3 Å². The van der Waals surface area contributed by atoms with Crippen LogP contribution in [0.3, 0.4) is 0 Å². The summed E-state index contributed by atoms with van der Waals surface area (Å²) < 4.78 is 16.6. The number of hydrogen-bond donors (Lipinski definition) is 2. The Morgan fingerprint density at radius 2 is 2.19 bits per heavy atom. The zero-order valence-electron chi connectivity index (χ0n) is 14.1. The highest BCUT2D eigenvalue weighted by atomic mass is 35.5. The first-order valence-electron chi connectivity index (χ1n) is 7.86. The molecule has 0 amide bonds. The minimum absolute atomic E-state index is 0.130. The van der Waals surface area contributed by atoms with Gasteiger partial charge in [0.2, 0.25) is 5.95 Å². The third kappa shape index (κ3) is 3.13. The van der Waals surface area contributed by atoms with E-state index in [4.69, 9.17) is 11.6 Å². The molecule has 0 aliphatic heterocycles. The molecule has 0 aliphatic carbocycles. The number of rotatable bonds is 5. The lowest BCUT2D eigenvalue weighted by Gasteiger charge is -2.06. The van der Waals surface area contributed by atoms with Crippen LogP contribution in [0.2, 0.25) is 5.02 Å². The zero-order valence-corrected chi connectivity index (χ0v) is 14.8. The summed E-state index contributed by atoms with van der Waals surface area (Å²) in [5.74, 6) is -0.249. The molecule has 0 bridgehead atoms. The number of imidazole rings is 1. The van der Waals surface area contributed by atoms with E-state index in [1.165, 1.54) is 30.0 Å². The highest BCUT2D eigenvalue weighted by molar-refractivity contribution is 6.33. The van der Waals surface area contributed by atoms with Gasteiger partial charge in [-0.2, -0.15) is 10.1 Å². The molecule has 0 saturated carbocycles. The summed E-state index contributed by atoms with van der Waals surface area (Å²) >= 11 is 5.95. The largest absolute Gasteiger partial charge is 0.329 e. The van der Waals surface area contributed by atoms with Crippen LogP contribution in [0.4, 0.5) is 10.3 Å². The molecule has 0 spiro atoms. The normalized spacial score (nSPS) is 11.5. The second-order valence-corrected chi connectivity index (χ2v) is 5.99. The fourth-order valence-corrected chi connectivity index (χ4v) is 2.76. The van der Waals surface area contributed by atoms with E-state index in [0.29, 0.717) is 6.54 Å². The molecule has 26 heavy (non-hydrogen) atoms. The molecule has 2 N–H and O–H groups in total. The predicted octanol–water partition coefficient (Wildman–Crippen LogP) is 2.07. The monoisotopic (exact) mass is 378 g/mol. The number of nitrogens with zero attached hydrogens (tertiary/aromatic N) is 4. The van der Waals surface area contributed by atoms with Crippen molar-refractivity contribution in [2.45, 2.75) is 19.9 Å². The molecule has 0 saturated heterocycles. The Hall–Kier alpha value is -2.94. The van der Waals surface area contributed by atoms with Gasteiger partial charge in [-0.1, -0.05) is 24.6 Å². The summed E-state index contributed by atoms with van der Waals surface area (Å²) in [4.78, 5) is 30.5. The number of aromatic nitrogens is 4. The maximum absolute atomic E-state index is 13.8. The van der Waals surface area contributed by atoms with Crippen molar-refractivity contribution < 1.29 is 4.39 Å². The SMILES string of the molecule is CCCn1c(NN=Cc2c(F)cccc2Cl)nc2c1c(=O)[nH]c(=O)n2C. The number of H-pyrrole nitrogens is 1. The molecule has 10 heteroatoms. The average molecular weight is 379 g/mol. The molecule has 0 aliphatic rings. The van der Waals surface area contributed by atoms with E-state index in [1.807, 2.05) is 6.92 Å². The number of hydrazone groups is 1. The number of anilines is 1. The summed E-state index contributed by atoms with van der Waals surface area (Å²) in [5.41, 5.74) is 2.22. The molecular formula is C16H16ClFN6O2. The molecule has 0 unspecified atom stereocenters. The van der Waals surface area contributed by atoms with E-state index in [2.05, 4.69) is 20.5 Å². The first-order chi connectivity index (χ1) is 12.4. The highest BCUT2D eigenvalue weighted by Gasteiger charge is 2.16. The fourth-order valence-electron chi connectivity index (χ4n) is 2.55. The van der Waals surface area contributed by atoms with Gasteiger partial charge in [-0.15, -0.1) is 0 Å². The number of hydrogen-bond acceptors (Lipinski definition) is 5. The average Bonchev–Trinajstić information content (AvgIpc) is 2.95. The van der Waals surface area contributed by atoms with Crippen LogP contribution in [0.25, 0.3) is 11.2 Å². The number of fused-ring (bicyclic) bond motifs is 1. The van der Waals surface area contributed by atoms with Crippen molar-refractivity contribution in [3.8, 4) is 0 Å². The van der Waals surface area contributed by atoms with Gasteiger partial charge < -0.3 is 4.57 Å². The third-order valence-corrected chi connectivity index (χ3v) is 4.14. The van der Waals surface area contributed by atoms with Crippen LogP contribution in [-0.2, 0) is 13.6 Å². The molecule has 0 atom stereocenters. The quantitative estimate of drug-likeness (QED) is 0.524. The van der Waals surface area contributed by atoms with Crippen molar-refractivity contribution in [2.75, 3.05) is 5.43 Å². The van der Waals surface area contributed by atoms with Crippen LogP contribution < -0.4 is 16.7 Å². The highest BCUT2D eigenvalue weighted by Crippen LogP contribution is 2.18. The van der Waals surface area contributed by atoms with Crippen LogP contribution in [0, 0.1) is 5.82 Å². The summed E-state index contributed by atoms with van der Waals surface area (Å²) in [7, 11) is 1.51. The Labute approximate surface area is 151 Å². The van der Waals surface area contributed by atoms with Crippen LogP contribution >= 0.6 is 11.6 Å². The Bertz CT molecular complexity index is 1090. The topological polar surface area (TPSA) is 97.1 Å². The number of benzene rings is 1. The molecule has 8 nitrogen and oxygen atoms in total. The summed E-state index contributed by atoms with van der Waals surface area (Å²) in [6.45, 7) is 2.42. The van der Waals surface area contributed by atoms with Crippen LogP contribution in [0.15, 0.2) is 32.9 Å². The van der Waals surface area contributed by atoms with Gasteiger partial charge in [-0.25, -0.2) is 14.6 Å². The molecule has 2 aromatic heterocycles. The fraction of sp³-hybridized carbons (Fsp3) is 0.250. The number of aryl methyl sites for hydroxylation is 2. The molecule has 3 aromatic rings. The lowest BCUT2D eigenvalue weighted by molar-refractivity contribution is 0.626. The Morgan fingerprint density at radius 1 is 1.42 bits per heavy atom. The lowest BCUT2D eigenvalue weighted by atomic mass is 10.2. The van der Waals surface area contributed by atoms with E-state index < -0.39 is 17.1 Å². The predicted molar refractivity (Wildman–Crippen MR) is 98.5 cm³/mol. The smallest absolute Gasteiger partial charge is 0.303 e. The summed E-state index contributed by atoms with van der Waals surface area (Å²) in [6, 6.07) is 4.32. The molecule has 2 heterocycles.